The van der Waals surface area contributed by atoms with Gasteiger partial charge in [-0.1, -0.05) is 6.07 Å². The Morgan fingerprint density at radius 1 is 1.00 bits per heavy atom. The minimum atomic E-state index is -1.72. The maximum absolute atomic E-state index is 14.4. The van der Waals surface area contributed by atoms with Gasteiger partial charge in [-0.25, -0.2) is 9.29 Å². The highest BCUT2D eigenvalue weighted by atomic mass is 19.1. The fourth-order valence-electron chi connectivity index (χ4n) is 5.98. The Morgan fingerprint density at radius 2 is 1.74 bits per heavy atom. The van der Waals surface area contributed by atoms with Crippen molar-refractivity contribution in [3.8, 4) is 17.2 Å². The SMILES string of the molecule is CC(=O)Oc1ccc(N2C(=O)[C@@H]3[C@H](Cc4ccc(O)c(O)c4)N[C@@]4(C(=O)Nc5ccc(F)cc54)[C@@H]3C2=O)cc1. The molecule has 3 aliphatic heterocycles. The molecule has 4 N–H and O–H groups in total. The number of amides is 3. The van der Waals surface area contributed by atoms with E-state index in [2.05, 4.69) is 10.6 Å². The van der Waals surface area contributed by atoms with E-state index in [4.69, 9.17) is 4.74 Å². The van der Waals surface area contributed by atoms with Crippen molar-refractivity contribution in [1.29, 1.82) is 0 Å². The Bertz CT molecular complexity index is 1570. The van der Waals surface area contributed by atoms with E-state index in [9.17, 15) is 33.8 Å². The lowest BCUT2D eigenvalue weighted by Gasteiger charge is -2.29. The summed E-state index contributed by atoms with van der Waals surface area (Å²) in [5.74, 6) is -5.56. The first-order valence-corrected chi connectivity index (χ1v) is 12.2. The van der Waals surface area contributed by atoms with E-state index in [-0.39, 0.29) is 34.9 Å². The summed E-state index contributed by atoms with van der Waals surface area (Å²) in [5.41, 5.74) is -0.387. The number of hydrogen-bond acceptors (Lipinski definition) is 8. The number of nitrogens with zero attached hydrogens (tertiary/aromatic N) is 1. The number of hydrogen-bond donors (Lipinski definition) is 4. The molecule has 0 aliphatic carbocycles. The number of aromatic hydroxyl groups is 2. The van der Waals surface area contributed by atoms with Gasteiger partial charge in [0.1, 0.15) is 17.1 Å². The van der Waals surface area contributed by atoms with Crippen molar-refractivity contribution >= 4 is 35.1 Å². The largest absolute Gasteiger partial charge is 0.504 e. The van der Waals surface area contributed by atoms with Gasteiger partial charge in [-0.2, -0.15) is 0 Å². The van der Waals surface area contributed by atoms with Gasteiger partial charge < -0.3 is 20.3 Å². The van der Waals surface area contributed by atoms with Gasteiger partial charge in [-0.3, -0.25) is 24.5 Å². The summed E-state index contributed by atoms with van der Waals surface area (Å²) in [7, 11) is 0. The molecule has 3 amide bonds. The van der Waals surface area contributed by atoms with Gasteiger partial charge >= 0.3 is 5.97 Å². The van der Waals surface area contributed by atoms with Gasteiger partial charge in [0.25, 0.3) is 0 Å². The second-order valence-corrected chi connectivity index (χ2v) is 9.83. The third kappa shape index (κ3) is 3.65. The van der Waals surface area contributed by atoms with Crippen LogP contribution in [0.1, 0.15) is 18.1 Å². The first-order chi connectivity index (χ1) is 18.6. The summed E-state index contributed by atoms with van der Waals surface area (Å²) in [5, 5.41) is 25.6. The van der Waals surface area contributed by atoms with Crippen LogP contribution in [0.2, 0.25) is 0 Å². The van der Waals surface area contributed by atoms with Crippen molar-refractivity contribution in [3.05, 3.63) is 77.6 Å². The van der Waals surface area contributed by atoms with E-state index in [1.165, 1.54) is 61.5 Å². The van der Waals surface area contributed by atoms with Gasteiger partial charge in [0.15, 0.2) is 11.5 Å². The van der Waals surface area contributed by atoms with Crippen LogP contribution in [0.4, 0.5) is 15.8 Å². The summed E-state index contributed by atoms with van der Waals surface area (Å²) in [6, 6.07) is 13.0. The molecule has 11 heteroatoms. The van der Waals surface area contributed by atoms with Gasteiger partial charge in [-0.15, -0.1) is 0 Å². The molecule has 6 rings (SSSR count). The standard InChI is InChI=1S/C28H22FN3O7/c1-13(33)39-17-6-4-16(5-7-17)32-25(36)23-20(10-14-2-9-21(34)22(35)11-14)31-28(24(23)26(32)37)18-12-15(29)3-8-19(18)30-27(28)38/h2-9,11-12,20,23-24,31,34-35H,10H2,1H3,(H,30,38)/t20-,23+,24-,28+/m0/s1. The molecule has 39 heavy (non-hydrogen) atoms. The molecule has 3 aliphatic rings. The highest BCUT2D eigenvalue weighted by molar-refractivity contribution is 6.25. The Kier molecular flexibility index (Phi) is 5.44. The lowest BCUT2D eigenvalue weighted by Crippen LogP contribution is -2.53. The quantitative estimate of drug-likeness (QED) is 0.174. The van der Waals surface area contributed by atoms with Crippen molar-refractivity contribution in [3.63, 3.8) is 0 Å². The fourth-order valence-corrected chi connectivity index (χ4v) is 5.98. The molecule has 0 saturated carbocycles. The van der Waals surface area contributed by atoms with Crippen molar-refractivity contribution < 1.29 is 38.5 Å². The van der Waals surface area contributed by atoms with E-state index < -0.39 is 52.9 Å². The van der Waals surface area contributed by atoms with Crippen LogP contribution in [0.15, 0.2) is 60.7 Å². The minimum absolute atomic E-state index is 0.118. The maximum atomic E-state index is 14.4. The molecule has 4 atom stereocenters. The second kappa shape index (κ2) is 8.63. The van der Waals surface area contributed by atoms with Crippen molar-refractivity contribution in [2.45, 2.75) is 24.9 Å². The van der Waals surface area contributed by atoms with Crippen molar-refractivity contribution in [2.75, 3.05) is 10.2 Å². The Balaban J connectivity index is 1.45. The summed E-state index contributed by atoms with van der Waals surface area (Å²) in [4.78, 5) is 53.7. The molecule has 0 unspecified atom stereocenters. The molecule has 3 aromatic carbocycles. The first kappa shape index (κ1) is 24.6. The van der Waals surface area contributed by atoms with Crippen LogP contribution < -0.4 is 20.3 Å². The fraction of sp³-hybridized carbons (Fsp3) is 0.214. The molecule has 0 aromatic heterocycles. The van der Waals surface area contributed by atoms with Crippen LogP contribution in [0.25, 0.3) is 0 Å². The lowest BCUT2D eigenvalue weighted by molar-refractivity contribution is -0.132. The normalized spacial score (nSPS) is 25.1. The van der Waals surface area contributed by atoms with Crippen LogP contribution in [-0.2, 0) is 31.1 Å². The highest BCUT2D eigenvalue weighted by Gasteiger charge is 2.70. The molecule has 3 heterocycles. The molecule has 1 spiro atoms. The van der Waals surface area contributed by atoms with Crippen LogP contribution in [0.3, 0.4) is 0 Å². The summed E-state index contributed by atoms with van der Waals surface area (Å²) >= 11 is 0. The van der Waals surface area contributed by atoms with E-state index in [1.807, 2.05) is 0 Å². The summed E-state index contributed by atoms with van der Waals surface area (Å²) in [6.07, 6.45) is 0.118. The lowest BCUT2D eigenvalue weighted by atomic mass is 9.76. The zero-order valence-corrected chi connectivity index (χ0v) is 20.5. The number of anilines is 2. The van der Waals surface area contributed by atoms with E-state index >= 15 is 0 Å². The number of fused-ring (bicyclic) bond motifs is 4. The average molecular weight is 531 g/mol. The molecule has 2 fully saturated rings. The summed E-state index contributed by atoms with van der Waals surface area (Å²) in [6.45, 7) is 1.25. The predicted octanol–water partition coefficient (Wildman–Crippen LogP) is 2.33. The number of carbonyl (C=O) groups excluding carboxylic acids is 4. The van der Waals surface area contributed by atoms with Crippen LogP contribution >= 0.6 is 0 Å². The second-order valence-electron chi connectivity index (χ2n) is 9.83. The third-order valence-corrected chi connectivity index (χ3v) is 7.53. The van der Waals surface area contributed by atoms with E-state index in [0.717, 1.165) is 4.90 Å². The molecule has 2 saturated heterocycles. The Hall–Kier alpha value is -4.77. The first-order valence-electron chi connectivity index (χ1n) is 12.2. The number of nitrogens with one attached hydrogen (secondary N) is 2. The van der Waals surface area contributed by atoms with Gasteiger partial charge in [0.05, 0.1) is 17.5 Å². The predicted molar refractivity (Wildman–Crippen MR) is 134 cm³/mol. The number of esters is 1. The van der Waals surface area contributed by atoms with Crippen LogP contribution in [0, 0.1) is 17.7 Å². The zero-order chi connectivity index (χ0) is 27.6. The topological polar surface area (TPSA) is 145 Å². The molecule has 10 nitrogen and oxygen atoms in total. The number of halogens is 1. The molecular weight excluding hydrogens is 509 g/mol. The Labute approximate surface area is 221 Å². The molecule has 0 bridgehead atoms. The zero-order valence-electron chi connectivity index (χ0n) is 20.5. The smallest absolute Gasteiger partial charge is 0.308 e. The van der Waals surface area contributed by atoms with Gasteiger partial charge in [0.2, 0.25) is 17.7 Å². The number of benzene rings is 3. The van der Waals surface area contributed by atoms with E-state index in [0.29, 0.717) is 11.3 Å². The molecular formula is C28H22FN3O7. The maximum Gasteiger partial charge on any atom is 0.308 e. The van der Waals surface area contributed by atoms with E-state index in [1.54, 1.807) is 6.07 Å². The van der Waals surface area contributed by atoms with Crippen LogP contribution in [0.5, 0.6) is 17.2 Å². The average Bonchev–Trinajstić information content (AvgIpc) is 3.46. The number of phenols is 2. The van der Waals surface area contributed by atoms with Crippen molar-refractivity contribution in [1.82, 2.24) is 5.32 Å². The number of carbonyl (C=O) groups is 4. The Morgan fingerprint density at radius 3 is 2.44 bits per heavy atom. The molecule has 198 valence electrons. The van der Waals surface area contributed by atoms with Gasteiger partial charge in [-0.05, 0) is 66.6 Å². The number of ether oxygens (including phenoxy) is 1. The van der Waals surface area contributed by atoms with Gasteiger partial charge in [0, 0.05) is 24.2 Å². The molecule has 3 aromatic rings. The highest BCUT2D eigenvalue weighted by Crippen LogP contribution is 2.54. The van der Waals surface area contributed by atoms with Crippen LogP contribution in [-0.4, -0.2) is 39.9 Å². The number of imide groups is 1. The third-order valence-electron chi connectivity index (χ3n) is 7.53. The van der Waals surface area contributed by atoms with Crippen molar-refractivity contribution in [2.24, 2.45) is 11.8 Å². The monoisotopic (exact) mass is 531 g/mol. The summed E-state index contributed by atoms with van der Waals surface area (Å²) < 4.78 is 19.5. The number of phenolic OH excluding ortho intramolecular Hbond substituents is 2. The molecule has 0 radical (unpaired) electrons. The minimum Gasteiger partial charge on any atom is -0.504 e. The number of rotatable bonds is 4.